The van der Waals surface area contributed by atoms with Crippen molar-refractivity contribution in [2.75, 3.05) is 13.7 Å². The van der Waals surface area contributed by atoms with Crippen molar-refractivity contribution in [1.82, 2.24) is 4.57 Å². The van der Waals surface area contributed by atoms with Gasteiger partial charge < -0.3 is 14.0 Å². The Bertz CT molecular complexity index is 1410. The molecule has 3 aromatic carbocycles. The Morgan fingerprint density at radius 1 is 1.06 bits per heavy atom. The van der Waals surface area contributed by atoms with Crippen LogP contribution in [-0.2, 0) is 16.1 Å². The standard InChI is InChI=1S/C25H24N2O4S/c1-5-31-22(28)14-27-20-11-15(2)10-16(3)23(20)32-25(27)26-24(29)19-12-17-8-6-7-9-18(17)13-21(19)30-4/h6-13H,5,14H2,1-4H3. The van der Waals surface area contributed by atoms with Crippen molar-refractivity contribution in [2.24, 2.45) is 4.99 Å². The van der Waals surface area contributed by atoms with Crippen LogP contribution < -0.4 is 9.54 Å². The molecule has 0 radical (unpaired) electrons. The Morgan fingerprint density at radius 3 is 2.47 bits per heavy atom. The largest absolute Gasteiger partial charge is 0.496 e. The molecular formula is C25H24N2O4S. The van der Waals surface area contributed by atoms with Gasteiger partial charge in [0.2, 0.25) is 0 Å². The van der Waals surface area contributed by atoms with Gasteiger partial charge in [-0.05, 0) is 60.9 Å². The van der Waals surface area contributed by atoms with Crippen molar-refractivity contribution >= 4 is 44.2 Å². The van der Waals surface area contributed by atoms with E-state index in [1.807, 2.05) is 50.2 Å². The van der Waals surface area contributed by atoms with Crippen LogP contribution in [0.25, 0.3) is 21.0 Å². The van der Waals surface area contributed by atoms with Gasteiger partial charge in [0.1, 0.15) is 12.3 Å². The molecule has 0 atom stereocenters. The molecule has 1 heterocycles. The van der Waals surface area contributed by atoms with Gasteiger partial charge in [0.15, 0.2) is 4.80 Å². The van der Waals surface area contributed by atoms with Crippen LogP contribution in [0.3, 0.4) is 0 Å². The number of aromatic nitrogens is 1. The van der Waals surface area contributed by atoms with E-state index in [1.165, 1.54) is 18.4 Å². The van der Waals surface area contributed by atoms with Gasteiger partial charge >= 0.3 is 5.97 Å². The zero-order chi connectivity index (χ0) is 22.8. The predicted octanol–water partition coefficient (Wildman–Crippen LogP) is 4.79. The van der Waals surface area contributed by atoms with Crippen LogP contribution in [0, 0.1) is 13.8 Å². The van der Waals surface area contributed by atoms with E-state index < -0.39 is 5.91 Å². The highest BCUT2D eigenvalue weighted by Gasteiger charge is 2.17. The van der Waals surface area contributed by atoms with Gasteiger partial charge in [-0.15, -0.1) is 0 Å². The Morgan fingerprint density at radius 2 is 1.78 bits per heavy atom. The van der Waals surface area contributed by atoms with Gasteiger partial charge in [0, 0.05) is 0 Å². The highest BCUT2D eigenvalue weighted by atomic mass is 32.1. The first-order valence-corrected chi connectivity index (χ1v) is 11.1. The van der Waals surface area contributed by atoms with Crippen LogP contribution >= 0.6 is 11.3 Å². The summed E-state index contributed by atoms with van der Waals surface area (Å²) in [5.74, 6) is -0.336. The van der Waals surface area contributed by atoms with Gasteiger partial charge in [0.25, 0.3) is 5.91 Å². The monoisotopic (exact) mass is 448 g/mol. The molecule has 0 N–H and O–H groups in total. The molecule has 0 aliphatic heterocycles. The fraction of sp³-hybridized carbons (Fsp3) is 0.240. The number of hydrogen-bond acceptors (Lipinski definition) is 5. The van der Waals surface area contributed by atoms with Crippen LogP contribution in [-0.4, -0.2) is 30.2 Å². The third-order valence-electron chi connectivity index (χ3n) is 5.20. The van der Waals surface area contributed by atoms with Crippen molar-refractivity contribution in [3.63, 3.8) is 0 Å². The van der Waals surface area contributed by atoms with E-state index in [1.54, 1.807) is 17.6 Å². The summed E-state index contributed by atoms with van der Waals surface area (Å²) in [6, 6.07) is 15.5. The normalized spacial score (nSPS) is 11.8. The first-order chi connectivity index (χ1) is 15.4. The minimum Gasteiger partial charge on any atom is -0.496 e. The fourth-order valence-electron chi connectivity index (χ4n) is 3.79. The lowest BCUT2D eigenvalue weighted by atomic mass is 10.1. The van der Waals surface area contributed by atoms with E-state index in [4.69, 9.17) is 9.47 Å². The molecule has 0 aliphatic carbocycles. The average molecular weight is 449 g/mol. The number of methoxy groups -OCH3 is 1. The van der Waals surface area contributed by atoms with E-state index in [-0.39, 0.29) is 12.5 Å². The number of carbonyl (C=O) groups is 2. The molecule has 0 spiro atoms. The molecule has 1 aromatic heterocycles. The molecule has 7 heteroatoms. The summed E-state index contributed by atoms with van der Waals surface area (Å²) in [4.78, 5) is 30.4. The fourth-order valence-corrected chi connectivity index (χ4v) is 4.87. The summed E-state index contributed by atoms with van der Waals surface area (Å²) >= 11 is 1.39. The lowest BCUT2D eigenvalue weighted by Crippen LogP contribution is -2.23. The predicted molar refractivity (Wildman–Crippen MR) is 126 cm³/mol. The van der Waals surface area contributed by atoms with Crippen molar-refractivity contribution in [2.45, 2.75) is 27.3 Å². The average Bonchev–Trinajstić information content (AvgIpc) is 3.10. The summed E-state index contributed by atoms with van der Waals surface area (Å²) in [6.45, 7) is 6.06. The summed E-state index contributed by atoms with van der Waals surface area (Å²) in [6.07, 6.45) is 0. The number of nitrogens with zero attached hydrogens (tertiary/aromatic N) is 2. The molecule has 0 saturated carbocycles. The number of fused-ring (bicyclic) bond motifs is 2. The molecule has 0 bridgehead atoms. The van der Waals surface area contributed by atoms with E-state index in [2.05, 4.69) is 11.1 Å². The Labute approximate surface area is 189 Å². The number of hydrogen-bond donors (Lipinski definition) is 0. The first-order valence-electron chi connectivity index (χ1n) is 10.3. The molecular weight excluding hydrogens is 424 g/mol. The molecule has 0 saturated heterocycles. The lowest BCUT2D eigenvalue weighted by molar-refractivity contribution is -0.143. The van der Waals surface area contributed by atoms with Gasteiger partial charge in [-0.1, -0.05) is 41.7 Å². The molecule has 164 valence electrons. The van der Waals surface area contributed by atoms with E-state index in [0.29, 0.717) is 22.7 Å². The maximum atomic E-state index is 13.3. The number of esters is 1. The summed E-state index contributed by atoms with van der Waals surface area (Å²) in [7, 11) is 1.54. The van der Waals surface area contributed by atoms with Crippen molar-refractivity contribution in [3.05, 3.63) is 70.0 Å². The zero-order valence-electron chi connectivity index (χ0n) is 18.5. The highest BCUT2D eigenvalue weighted by molar-refractivity contribution is 7.16. The second-order valence-corrected chi connectivity index (χ2v) is 8.50. The number of ether oxygens (including phenoxy) is 2. The molecule has 0 fully saturated rings. The molecule has 0 aliphatic rings. The molecule has 4 rings (SSSR count). The van der Waals surface area contributed by atoms with Crippen LogP contribution in [0.15, 0.2) is 53.5 Å². The molecule has 0 unspecified atom stereocenters. The first kappa shape index (κ1) is 21.8. The van der Waals surface area contributed by atoms with Crippen LogP contribution in [0.5, 0.6) is 5.75 Å². The second kappa shape index (κ2) is 8.96. The van der Waals surface area contributed by atoms with Gasteiger partial charge in [-0.25, -0.2) is 0 Å². The molecule has 4 aromatic rings. The smallest absolute Gasteiger partial charge is 0.326 e. The SMILES string of the molecule is CCOC(=O)Cn1c(=NC(=O)c2cc3ccccc3cc2OC)sc2c(C)cc(C)cc21. The zero-order valence-corrected chi connectivity index (χ0v) is 19.3. The summed E-state index contributed by atoms with van der Waals surface area (Å²) < 4.78 is 13.4. The Kier molecular flexibility index (Phi) is 6.10. The van der Waals surface area contributed by atoms with Crippen molar-refractivity contribution < 1.29 is 19.1 Å². The van der Waals surface area contributed by atoms with Gasteiger partial charge in [0.05, 0.1) is 29.5 Å². The minimum absolute atomic E-state index is 0.0162. The minimum atomic E-state index is -0.425. The Hall–Kier alpha value is -3.45. The number of benzene rings is 3. The molecule has 1 amide bonds. The quantitative estimate of drug-likeness (QED) is 0.412. The number of thiazole rings is 1. The van der Waals surface area contributed by atoms with Crippen LogP contribution in [0.1, 0.15) is 28.4 Å². The molecule has 6 nitrogen and oxygen atoms in total. The topological polar surface area (TPSA) is 69.9 Å². The van der Waals surface area contributed by atoms with E-state index in [0.717, 1.165) is 32.1 Å². The number of aryl methyl sites for hydroxylation is 2. The number of carbonyl (C=O) groups excluding carboxylic acids is 2. The molecule has 32 heavy (non-hydrogen) atoms. The van der Waals surface area contributed by atoms with E-state index in [9.17, 15) is 9.59 Å². The third kappa shape index (κ3) is 4.16. The van der Waals surface area contributed by atoms with E-state index >= 15 is 0 Å². The lowest BCUT2D eigenvalue weighted by Gasteiger charge is -2.08. The maximum absolute atomic E-state index is 13.3. The highest BCUT2D eigenvalue weighted by Crippen LogP contribution is 2.27. The van der Waals surface area contributed by atoms with Crippen LogP contribution in [0.4, 0.5) is 0 Å². The Balaban J connectivity index is 1.89. The third-order valence-corrected chi connectivity index (χ3v) is 6.43. The summed E-state index contributed by atoms with van der Waals surface area (Å²) in [5.41, 5.74) is 3.37. The number of rotatable bonds is 5. The van der Waals surface area contributed by atoms with Crippen molar-refractivity contribution in [3.8, 4) is 5.75 Å². The second-order valence-electron chi connectivity index (χ2n) is 7.52. The van der Waals surface area contributed by atoms with Crippen molar-refractivity contribution in [1.29, 1.82) is 0 Å². The number of amides is 1. The van der Waals surface area contributed by atoms with Crippen LogP contribution in [0.2, 0.25) is 0 Å². The van der Waals surface area contributed by atoms with Gasteiger partial charge in [-0.3, -0.25) is 9.59 Å². The van der Waals surface area contributed by atoms with Gasteiger partial charge in [-0.2, -0.15) is 4.99 Å². The summed E-state index contributed by atoms with van der Waals surface area (Å²) in [5, 5.41) is 1.90. The maximum Gasteiger partial charge on any atom is 0.326 e.